The molecule has 2 aromatic carbocycles. The van der Waals surface area contributed by atoms with Crippen molar-refractivity contribution < 1.29 is 4.39 Å². The van der Waals surface area contributed by atoms with Gasteiger partial charge in [0.15, 0.2) is 0 Å². The first-order valence-electron chi connectivity index (χ1n) is 6.97. The average Bonchev–Trinajstić information content (AvgIpc) is 3.31. The van der Waals surface area contributed by atoms with Crippen LogP contribution < -0.4 is 0 Å². The number of aromatic nitrogens is 1. The summed E-state index contributed by atoms with van der Waals surface area (Å²) in [6.07, 6.45) is 2.39. The highest BCUT2D eigenvalue weighted by molar-refractivity contribution is 5.94. The molecular weight excluding hydrogens is 249 g/mol. The minimum atomic E-state index is -0.175. The van der Waals surface area contributed by atoms with E-state index in [4.69, 9.17) is 4.98 Å². The van der Waals surface area contributed by atoms with Crippen LogP contribution in [-0.2, 0) is 0 Å². The highest BCUT2D eigenvalue weighted by Crippen LogP contribution is 2.42. The van der Waals surface area contributed by atoms with E-state index in [-0.39, 0.29) is 5.82 Å². The number of para-hydroxylation sites is 1. The molecule has 98 valence electrons. The SMILES string of the molecule is Fc1ccccc1-c1cc(C2CC2)nc2ccccc12. The van der Waals surface area contributed by atoms with Gasteiger partial charge < -0.3 is 0 Å². The molecule has 0 saturated heterocycles. The van der Waals surface area contributed by atoms with Crippen LogP contribution in [0.4, 0.5) is 4.39 Å². The molecular formula is C18H14FN. The van der Waals surface area contributed by atoms with Gasteiger partial charge in [0.05, 0.1) is 5.52 Å². The Labute approximate surface area is 117 Å². The van der Waals surface area contributed by atoms with Crippen LogP contribution >= 0.6 is 0 Å². The number of pyridine rings is 1. The van der Waals surface area contributed by atoms with Gasteiger partial charge in [-0.3, -0.25) is 4.98 Å². The minimum absolute atomic E-state index is 0.175. The molecule has 0 N–H and O–H groups in total. The molecule has 1 aliphatic rings. The maximum absolute atomic E-state index is 14.1. The predicted molar refractivity (Wildman–Crippen MR) is 79.1 cm³/mol. The summed E-state index contributed by atoms with van der Waals surface area (Å²) in [5.41, 5.74) is 3.67. The number of hydrogen-bond acceptors (Lipinski definition) is 1. The van der Waals surface area contributed by atoms with Gasteiger partial charge in [-0.2, -0.15) is 0 Å². The van der Waals surface area contributed by atoms with Gasteiger partial charge in [-0.15, -0.1) is 0 Å². The Hall–Kier alpha value is -2.22. The minimum Gasteiger partial charge on any atom is -0.253 e. The maximum Gasteiger partial charge on any atom is 0.131 e. The molecule has 0 radical (unpaired) electrons. The Morgan fingerprint density at radius 3 is 2.45 bits per heavy atom. The zero-order valence-electron chi connectivity index (χ0n) is 11.0. The van der Waals surface area contributed by atoms with Crippen LogP contribution in [0.15, 0.2) is 54.6 Å². The Morgan fingerprint density at radius 2 is 1.65 bits per heavy atom. The van der Waals surface area contributed by atoms with Crippen LogP contribution in [0.3, 0.4) is 0 Å². The second-order valence-corrected chi connectivity index (χ2v) is 5.37. The fourth-order valence-electron chi connectivity index (χ4n) is 2.69. The van der Waals surface area contributed by atoms with Crippen LogP contribution in [-0.4, -0.2) is 4.98 Å². The summed E-state index contributed by atoms with van der Waals surface area (Å²) in [6.45, 7) is 0. The summed E-state index contributed by atoms with van der Waals surface area (Å²) in [5, 5.41) is 1.02. The molecule has 1 aromatic heterocycles. The van der Waals surface area contributed by atoms with Gasteiger partial charge >= 0.3 is 0 Å². The highest BCUT2D eigenvalue weighted by atomic mass is 19.1. The first-order chi connectivity index (χ1) is 9.83. The summed E-state index contributed by atoms with van der Waals surface area (Å²) >= 11 is 0. The van der Waals surface area contributed by atoms with Crippen molar-refractivity contribution in [3.8, 4) is 11.1 Å². The fraction of sp³-hybridized carbons (Fsp3) is 0.167. The molecule has 1 heterocycles. The Balaban J connectivity index is 2.03. The Bertz CT molecular complexity index is 790. The van der Waals surface area contributed by atoms with Gasteiger partial charge in [-0.25, -0.2) is 4.39 Å². The topological polar surface area (TPSA) is 12.9 Å². The van der Waals surface area contributed by atoms with E-state index in [0.29, 0.717) is 11.5 Å². The summed E-state index contributed by atoms with van der Waals surface area (Å²) in [7, 11) is 0. The molecule has 0 aliphatic heterocycles. The molecule has 0 amide bonds. The van der Waals surface area contributed by atoms with Crippen molar-refractivity contribution in [3.05, 3.63) is 66.1 Å². The molecule has 1 aliphatic carbocycles. The van der Waals surface area contributed by atoms with E-state index < -0.39 is 0 Å². The lowest BCUT2D eigenvalue weighted by Crippen LogP contribution is -1.93. The molecule has 20 heavy (non-hydrogen) atoms. The van der Waals surface area contributed by atoms with E-state index in [1.165, 1.54) is 18.9 Å². The number of benzene rings is 2. The second kappa shape index (κ2) is 4.41. The lowest BCUT2D eigenvalue weighted by atomic mass is 9.99. The van der Waals surface area contributed by atoms with E-state index in [9.17, 15) is 4.39 Å². The Kier molecular flexibility index (Phi) is 2.56. The van der Waals surface area contributed by atoms with Crippen molar-refractivity contribution in [1.29, 1.82) is 0 Å². The summed E-state index contributed by atoms with van der Waals surface area (Å²) < 4.78 is 14.1. The first kappa shape index (κ1) is 11.6. The predicted octanol–water partition coefficient (Wildman–Crippen LogP) is 4.92. The van der Waals surface area contributed by atoms with Gasteiger partial charge in [-0.05, 0) is 36.6 Å². The number of halogens is 1. The molecule has 0 atom stereocenters. The van der Waals surface area contributed by atoms with Crippen molar-refractivity contribution in [2.45, 2.75) is 18.8 Å². The fourth-order valence-corrected chi connectivity index (χ4v) is 2.69. The van der Waals surface area contributed by atoms with Gasteiger partial charge in [0, 0.05) is 22.6 Å². The van der Waals surface area contributed by atoms with Crippen LogP contribution in [0.5, 0.6) is 0 Å². The second-order valence-electron chi connectivity index (χ2n) is 5.37. The third-order valence-electron chi connectivity index (χ3n) is 3.90. The van der Waals surface area contributed by atoms with Crippen LogP contribution in [0.2, 0.25) is 0 Å². The molecule has 3 aromatic rings. The first-order valence-corrected chi connectivity index (χ1v) is 6.97. The normalized spacial score (nSPS) is 14.7. The van der Waals surface area contributed by atoms with E-state index in [0.717, 1.165) is 22.2 Å². The van der Waals surface area contributed by atoms with E-state index >= 15 is 0 Å². The lowest BCUT2D eigenvalue weighted by molar-refractivity contribution is 0.631. The number of rotatable bonds is 2. The van der Waals surface area contributed by atoms with Gasteiger partial charge in [-0.1, -0.05) is 36.4 Å². The molecule has 1 saturated carbocycles. The van der Waals surface area contributed by atoms with Crippen molar-refractivity contribution >= 4 is 10.9 Å². The van der Waals surface area contributed by atoms with Gasteiger partial charge in [0.25, 0.3) is 0 Å². The van der Waals surface area contributed by atoms with Gasteiger partial charge in [0.1, 0.15) is 5.82 Å². The average molecular weight is 263 g/mol. The third-order valence-corrected chi connectivity index (χ3v) is 3.90. The van der Waals surface area contributed by atoms with Crippen molar-refractivity contribution in [2.24, 2.45) is 0 Å². The molecule has 0 bridgehead atoms. The highest BCUT2D eigenvalue weighted by Gasteiger charge is 2.26. The standard InChI is InChI=1S/C18H14FN/c19-16-7-3-1-5-13(16)15-11-18(12-9-10-12)20-17-8-4-2-6-14(15)17/h1-8,11-12H,9-10H2. The van der Waals surface area contributed by atoms with Crippen LogP contribution in [0.25, 0.3) is 22.0 Å². The summed E-state index contributed by atoms with van der Waals surface area (Å²) in [5.74, 6) is 0.385. The van der Waals surface area contributed by atoms with E-state index in [2.05, 4.69) is 6.07 Å². The zero-order chi connectivity index (χ0) is 13.5. The van der Waals surface area contributed by atoms with Gasteiger partial charge in [0.2, 0.25) is 0 Å². The van der Waals surface area contributed by atoms with Crippen molar-refractivity contribution in [3.63, 3.8) is 0 Å². The zero-order valence-corrected chi connectivity index (χ0v) is 11.0. The molecule has 4 rings (SSSR count). The molecule has 0 unspecified atom stereocenters. The van der Waals surface area contributed by atoms with E-state index in [1.807, 2.05) is 36.4 Å². The number of nitrogens with zero attached hydrogens (tertiary/aromatic N) is 1. The molecule has 1 nitrogen and oxygen atoms in total. The third kappa shape index (κ3) is 1.88. The van der Waals surface area contributed by atoms with E-state index in [1.54, 1.807) is 6.07 Å². The molecule has 2 heteroatoms. The molecule has 0 spiro atoms. The summed E-state index contributed by atoms with van der Waals surface area (Å²) in [4.78, 5) is 4.73. The smallest absolute Gasteiger partial charge is 0.131 e. The Morgan fingerprint density at radius 1 is 0.900 bits per heavy atom. The maximum atomic E-state index is 14.1. The lowest BCUT2D eigenvalue weighted by Gasteiger charge is -2.10. The summed E-state index contributed by atoms with van der Waals surface area (Å²) in [6, 6.07) is 17.0. The van der Waals surface area contributed by atoms with Crippen LogP contribution in [0.1, 0.15) is 24.5 Å². The number of fused-ring (bicyclic) bond motifs is 1. The quantitative estimate of drug-likeness (QED) is 0.639. The van der Waals surface area contributed by atoms with Crippen molar-refractivity contribution in [2.75, 3.05) is 0 Å². The largest absolute Gasteiger partial charge is 0.253 e. The van der Waals surface area contributed by atoms with Crippen molar-refractivity contribution in [1.82, 2.24) is 4.98 Å². The van der Waals surface area contributed by atoms with Crippen LogP contribution in [0, 0.1) is 5.82 Å². The number of hydrogen-bond donors (Lipinski definition) is 0. The molecule has 1 fully saturated rings. The monoisotopic (exact) mass is 263 g/mol.